The van der Waals surface area contributed by atoms with Crippen LogP contribution in [-0.4, -0.2) is 5.97 Å². The molecular formula is C20H18O3. The van der Waals surface area contributed by atoms with Gasteiger partial charge in [0.25, 0.3) is 0 Å². The summed E-state index contributed by atoms with van der Waals surface area (Å²) in [4.78, 5) is 12.1. The molecule has 3 rings (SSSR count). The summed E-state index contributed by atoms with van der Waals surface area (Å²) in [6, 6.07) is 19.9. The highest BCUT2D eigenvalue weighted by atomic mass is 16.5. The molecule has 3 heteroatoms. The van der Waals surface area contributed by atoms with Crippen molar-refractivity contribution in [3.63, 3.8) is 0 Å². The van der Waals surface area contributed by atoms with Crippen LogP contribution in [0, 0.1) is 13.8 Å². The van der Waals surface area contributed by atoms with Crippen LogP contribution in [0.2, 0.25) is 0 Å². The van der Waals surface area contributed by atoms with Gasteiger partial charge in [0.05, 0.1) is 0 Å². The number of hydrogen-bond donors (Lipinski definition) is 0. The van der Waals surface area contributed by atoms with Crippen LogP contribution in [-0.2, 0) is 11.3 Å². The SMILES string of the molecule is Cc1cc(C(=O)OCc2ccc(-c3ccccc3)cc2)c(C)o1. The molecule has 0 saturated heterocycles. The predicted octanol–water partition coefficient (Wildman–Crippen LogP) is 4.92. The van der Waals surface area contributed by atoms with Gasteiger partial charge in [0, 0.05) is 0 Å². The lowest BCUT2D eigenvalue weighted by Gasteiger charge is -2.06. The number of benzene rings is 2. The van der Waals surface area contributed by atoms with Crippen LogP contribution in [0.1, 0.15) is 27.4 Å². The molecule has 1 heterocycles. The van der Waals surface area contributed by atoms with E-state index in [1.165, 1.54) is 5.56 Å². The lowest BCUT2D eigenvalue weighted by Crippen LogP contribution is -2.05. The first-order chi connectivity index (χ1) is 11.1. The van der Waals surface area contributed by atoms with Crippen molar-refractivity contribution in [2.45, 2.75) is 20.5 Å². The molecular weight excluding hydrogens is 288 g/mol. The minimum absolute atomic E-state index is 0.248. The molecule has 0 aliphatic heterocycles. The fourth-order valence-corrected chi connectivity index (χ4v) is 2.48. The van der Waals surface area contributed by atoms with Crippen LogP contribution in [0.15, 0.2) is 65.1 Å². The fraction of sp³-hybridized carbons (Fsp3) is 0.150. The highest BCUT2D eigenvalue weighted by Gasteiger charge is 2.14. The normalized spacial score (nSPS) is 10.5. The Labute approximate surface area is 135 Å². The largest absolute Gasteiger partial charge is 0.466 e. The molecule has 0 aliphatic carbocycles. The Kier molecular flexibility index (Phi) is 4.29. The van der Waals surface area contributed by atoms with E-state index in [9.17, 15) is 4.79 Å². The van der Waals surface area contributed by atoms with E-state index < -0.39 is 0 Å². The summed E-state index contributed by atoms with van der Waals surface area (Å²) in [5, 5.41) is 0. The molecule has 0 saturated carbocycles. The Morgan fingerprint density at radius 1 is 0.957 bits per heavy atom. The molecule has 0 unspecified atom stereocenters. The van der Waals surface area contributed by atoms with E-state index >= 15 is 0 Å². The second-order valence-corrected chi connectivity index (χ2v) is 5.47. The van der Waals surface area contributed by atoms with Gasteiger partial charge in [-0.3, -0.25) is 0 Å². The van der Waals surface area contributed by atoms with E-state index in [2.05, 4.69) is 12.1 Å². The fourth-order valence-electron chi connectivity index (χ4n) is 2.48. The Morgan fingerprint density at radius 2 is 1.61 bits per heavy atom. The second kappa shape index (κ2) is 6.53. The molecule has 1 aromatic heterocycles. The first-order valence-electron chi connectivity index (χ1n) is 7.52. The molecule has 0 aliphatic rings. The van der Waals surface area contributed by atoms with E-state index in [1.54, 1.807) is 13.0 Å². The first kappa shape index (κ1) is 15.1. The monoisotopic (exact) mass is 306 g/mol. The minimum atomic E-state index is -0.355. The molecule has 0 amide bonds. The van der Waals surface area contributed by atoms with Crippen molar-refractivity contribution in [1.82, 2.24) is 0 Å². The summed E-state index contributed by atoms with van der Waals surface area (Å²) in [6.45, 7) is 3.82. The maximum absolute atomic E-state index is 12.1. The summed E-state index contributed by atoms with van der Waals surface area (Å²) in [6.07, 6.45) is 0. The minimum Gasteiger partial charge on any atom is -0.466 e. The number of hydrogen-bond acceptors (Lipinski definition) is 3. The zero-order valence-corrected chi connectivity index (χ0v) is 13.2. The number of ether oxygens (including phenoxy) is 1. The summed E-state index contributed by atoms with van der Waals surface area (Å²) in [7, 11) is 0. The number of carbonyl (C=O) groups excluding carboxylic acids is 1. The summed E-state index contributed by atoms with van der Waals surface area (Å²) < 4.78 is 10.7. The van der Waals surface area contributed by atoms with Gasteiger partial charge in [0.2, 0.25) is 0 Å². The average molecular weight is 306 g/mol. The van der Waals surface area contributed by atoms with Crippen LogP contribution < -0.4 is 0 Å². The molecule has 0 N–H and O–H groups in total. The molecule has 23 heavy (non-hydrogen) atoms. The first-order valence-corrected chi connectivity index (χ1v) is 7.52. The van der Waals surface area contributed by atoms with E-state index in [4.69, 9.17) is 9.15 Å². The Balaban J connectivity index is 1.65. The zero-order chi connectivity index (χ0) is 16.2. The van der Waals surface area contributed by atoms with Crippen molar-refractivity contribution in [2.75, 3.05) is 0 Å². The maximum atomic E-state index is 12.1. The quantitative estimate of drug-likeness (QED) is 0.642. The van der Waals surface area contributed by atoms with Gasteiger partial charge in [-0.1, -0.05) is 54.6 Å². The van der Waals surface area contributed by atoms with E-state index in [0.717, 1.165) is 11.1 Å². The molecule has 0 atom stereocenters. The van der Waals surface area contributed by atoms with E-state index in [0.29, 0.717) is 17.1 Å². The Hall–Kier alpha value is -2.81. The number of aryl methyl sites for hydroxylation is 2. The van der Waals surface area contributed by atoms with Crippen molar-refractivity contribution in [2.24, 2.45) is 0 Å². The van der Waals surface area contributed by atoms with Crippen LogP contribution in [0.3, 0.4) is 0 Å². The molecule has 116 valence electrons. The van der Waals surface area contributed by atoms with Crippen molar-refractivity contribution in [1.29, 1.82) is 0 Å². The second-order valence-electron chi connectivity index (χ2n) is 5.47. The van der Waals surface area contributed by atoms with Crippen molar-refractivity contribution in [3.05, 3.63) is 83.3 Å². The van der Waals surface area contributed by atoms with Gasteiger partial charge in [0.15, 0.2) is 0 Å². The van der Waals surface area contributed by atoms with Crippen LogP contribution in [0.25, 0.3) is 11.1 Å². The van der Waals surface area contributed by atoms with Gasteiger partial charge in [-0.25, -0.2) is 4.79 Å². The third kappa shape index (κ3) is 3.51. The smallest absolute Gasteiger partial charge is 0.342 e. The molecule has 0 bridgehead atoms. The number of rotatable bonds is 4. The predicted molar refractivity (Wildman–Crippen MR) is 89.2 cm³/mol. The number of furan rings is 1. The van der Waals surface area contributed by atoms with Crippen molar-refractivity contribution >= 4 is 5.97 Å². The zero-order valence-electron chi connectivity index (χ0n) is 13.2. The van der Waals surface area contributed by atoms with Gasteiger partial charge in [-0.2, -0.15) is 0 Å². The molecule has 3 nitrogen and oxygen atoms in total. The Morgan fingerprint density at radius 3 is 2.22 bits per heavy atom. The van der Waals surface area contributed by atoms with E-state index in [-0.39, 0.29) is 12.6 Å². The molecule has 2 aromatic carbocycles. The van der Waals surface area contributed by atoms with Crippen molar-refractivity contribution < 1.29 is 13.9 Å². The lowest BCUT2D eigenvalue weighted by molar-refractivity contribution is 0.0471. The van der Waals surface area contributed by atoms with Gasteiger partial charge in [-0.05, 0) is 36.6 Å². The third-order valence-corrected chi connectivity index (χ3v) is 3.69. The van der Waals surface area contributed by atoms with Crippen LogP contribution >= 0.6 is 0 Å². The highest BCUT2D eigenvalue weighted by molar-refractivity contribution is 5.90. The Bertz CT molecular complexity index is 799. The molecule has 0 radical (unpaired) electrons. The van der Waals surface area contributed by atoms with Gasteiger partial charge >= 0.3 is 5.97 Å². The topological polar surface area (TPSA) is 39.4 Å². The van der Waals surface area contributed by atoms with Gasteiger partial charge in [-0.15, -0.1) is 0 Å². The van der Waals surface area contributed by atoms with Crippen LogP contribution in [0.5, 0.6) is 0 Å². The molecule has 0 fully saturated rings. The van der Waals surface area contributed by atoms with E-state index in [1.807, 2.05) is 49.4 Å². The standard InChI is InChI=1S/C20H18O3/c1-14-12-19(15(2)23-14)20(21)22-13-16-8-10-18(11-9-16)17-6-4-3-5-7-17/h3-12H,13H2,1-2H3. The highest BCUT2D eigenvalue weighted by Crippen LogP contribution is 2.20. The molecule has 0 spiro atoms. The molecule has 3 aromatic rings. The average Bonchev–Trinajstić information content (AvgIpc) is 2.92. The summed E-state index contributed by atoms with van der Waals surface area (Å²) in [5.41, 5.74) is 3.75. The number of esters is 1. The summed E-state index contributed by atoms with van der Waals surface area (Å²) >= 11 is 0. The van der Waals surface area contributed by atoms with Gasteiger partial charge < -0.3 is 9.15 Å². The maximum Gasteiger partial charge on any atom is 0.342 e. The van der Waals surface area contributed by atoms with Crippen molar-refractivity contribution in [3.8, 4) is 11.1 Å². The third-order valence-electron chi connectivity index (χ3n) is 3.69. The van der Waals surface area contributed by atoms with Crippen LogP contribution in [0.4, 0.5) is 0 Å². The summed E-state index contributed by atoms with van der Waals surface area (Å²) in [5.74, 6) is 0.945. The van der Waals surface area contributed by atoms with Gasteiger partial charge in [0.1, 0.15) is 23.7 Å². The number of carbonyl (C=O) groups is 1. The lowest BCUT2D eigenvalue weighted by atomic mass is 10.0.